The normalized spacial score (nSPS) is 12.0. The predicted molar refractivity (Wildman–Crippen MR) is 82.6 cm³/mol. The minimum Gasteiger partial charge on any atom is -0.482 e. The molecule has 110 valence electrons. The van der Waals surface area contributed by atoms with Crippen LogP contribution in [-0.2, 0) is 13.0 Å². The molecule has 0 heterocycles. The lowest BCUT2D eigenvalue weighted by molar-refractivity contribution is 0.0814. The van der Waals surface area contributed by atoms with E-state index in [1.165, 1.54) is 5.56 Å². The molecule has 0 aliphatic carbocycles. The van der Waals surface area contributed by atoms with Crippen LogP contribution in [0.5, 0.6) is 5.75 Å². The van der Waals surface area contributed by atoms with Crippen LogP contribution in [0.25, 0.3) is 0 Å². The van der Waals surface area contributed by atoms with Crippen molar-refractivity contribution < 1.29 is 14.6 Å². The van der Waals surface area contributed by atoms with Gasteiger partial charge in [-0.2, -0.15) is 0 Å². The van der Waals surface area contributed by atoms with E-state index in [4.69, 9.17) is 4.74 Å². The van der Waals surface area contributed by atoms with Gasteiger partial charge in [-0.1, -0.05) is 49.4 Å². The van der Waals surface area contributed by atoms with Gasteiger partial charge in [0.15, 0.2) is 6.10 Å². The van der Waals surface area contributed by atoms with Crippen LogP contribution >= 0.6 is 0 Å². The van der Waals surface area contributed by atoms with Gasteiger partial charge < -0.3 is 9.84 Å². The van der Waals surface area contributed by atoms with E-state index in [0.29, 0.717) is 16.9 Å². The Balaban J connectivity index is 2.11. The SMILES string of the molecule is CCc1ccc(C(=O)C(C)Oc2ccccc2CO)cc1. The zero-order valence-electron chi connectivity index (χ0n) is 12.4. The maximum atomic E-state index is 12.4. The van der Waals surface area contributed by atoms with Crippen molar-refractivity contribution in [2.24, 2.45) is 0 Å². The van der Waals surface area contributed by atoms with E-state index in [9.17, 15) is 9.90 Å². The van der Waals surface area contributed by atoms with Gasteiger partial charge >= 0.3 is 0 Å². The molecule has 0 bridgehead atoms. The second-order valence-corrected chi connectivity index (χ2v) is 4.94. The first-order valence-corrected chi connectivity index (χ1v) is 7.14. The van der Waals surface area contributed by atoms with Gasteiger partial charge in [-0.25, -0.2) is 0 Å². The second kappa shape index (κ2) is 7.04. The Kier molecular flexibility index (Phi) is 5.12. The summed E-state index contributed by atoms with van der Waals surface area (Å²) in [4.78, 5) is 12.4. The summed E-state index contributed by atoms with van der Waals surface area (Å²) in [6.07, 6.45) is 0.356. The summed E-state index contributed by atoms with van der Waals surface area (Å²) in [5, 5.41) is 9.28. The number of benzene rings is 2. The van der Waals surface area contributed by atoms with Gasteiger partial charge in [-0.3, -0.25) is 4.79 Å². The summed E-state index contributed by atoms with van der Waals surface area (Å²) in [5.41, 5.74) is 2.52. The fraction of sp³-hybridized carbons (Fsp3) is 0.278. The molecule has 0 aromatic heterocycles. The van der Waals surface area contributed by atoms with Gasteiger partial charge in [-0.15, -0.1) is 0 Å². The van der Waals surface area contributed by atoms with E-state index in [-0.39, 0.29) is 12.4 Å². The van der Waals surface area contributed by atoms with Gasteiger partial charge in [0.05, 0.1) is 6.61 Å². The van der Waals surface area contributed by atoms with Crippen LogP contribution in [-0.4, -0.2) is 17.0 Å². The summed E-state index contributed by atoms with van der Waals surface area (Å²) in [5.74, 6) is 0.483. The number of Topliss-reactive ketones (excluding diaryl/α,β-unsaturated/α-hetero) is 1. The Morgan fingerprint density at radius 1 is 1.14 bits per heavy atom. The lowest BCUT2D eigenvalue weighted by Gasteiger charge is -2.16. The Hall–Kier alpha value is -2.13. The standard InChI is InChI=1S/C18H20O3/c1-3-14-8-10-15(11-9-14)18(20)13(2)21-17-7-5-4-6-16(17)12-19/h4-11,13,19H,3,12H2,1-2H3. The van der Waals surface area contributed by atoms with Crippen LogP contribution in [0.1, 0.15) is 35.3 Å². The van der Waals surface area contributed by atoms with Gasteiger partial charge in [0.1, 0.15) is 5.75 Å². The minimum absolute atomic E-state index is 0.0644. The van der Waals surface area contributed by atoms with Crippen LogP contribution in [0.3, 0.4) is 0 Å². The van der Waals surface area contributed by atoms with Crippen molar-refractivity contribution in [2.75, 3.05) is 0 Å². The van der Waals surface area contributed by atoms with Crippen LogP contribution in [0.15, 0.2) is 48.5 Å². The van der Waals surface area contributed by atoms with Crippen molar-refractivity contribution >= 4 is 5.78 Å². The van der Waals surface area contributed by atoms with Crippen molar-refractivity contribution in [1.29, 1.82) is 0 Å². The average molecular weight is 284 g/mol. The van der Waals surface area contributed by atoms with E-state index in [0.717, 1.165) is 6.42 Å². The number of hydrogen-bond donors (Lipinski definition) is 1. The molecular weight excluding hydrogens is 264 g/mol. The van der Waals surface area contributed by atoms with Crippen LogP contribution in [0.2, 0.25) is 0 Å². The Morgan fingerprint density at radius 2 is 1.81 bits per heavy atom. The Morgan fingerprint density at radius 3 is 2.43 bits per heavy atom. The molecule has 0 aliphatic rings. The van der Waals surface area contributed by atoms with Crippen molar-refractivity contribution in [2.45, 2.75) is 33.0 Å². The van der Waals surface area contributed by atoms with Gasteiger partial charge in [0.25, 0.3) is 0 Å². The molecule has 2 rings (SSSR count). The fourth-order valence-electron chi connectivity index (χ4n) is 2.13. The lowest BCUT2D eigenvalue weighted by atomic mass is 10.0. The summed E-state index contributed by atoms with van der Waals surface area (Å²) in [7, 11) is 0. The highest BCUT2D eigenvalue weighted by Gasteiger charge is 2.17. The number of carbonyl (C=O) groups excluding carboxylic acids is 1. The first-order valence-electron chi connectivity index (χ1n) is 7.14. The molecule has 3 nitrogen and oxygen atoms in total. The first kappa shape index (κ1) is 15.3. The minimum atomic E-state index is -0.592. The third-order valence-corrected chi connectivity index (χ3v) is 3.46. The Labute approximate surface area is 125 Å². The van der Waals surface area contributed by atoms with E-state index in [1.807, 2.05) is 36.4 Å². The summed E-state index contributed by atoms with van der Waals surface area (Å²) in [6.45, 7) is 3.70. The third kappa shape index (κ3) is 3.70. The van der Waals surface area contributed by atoms with Crippen molar-refractivity contribution in [3.8, 4) is 5.75 Å². The topological polar surface area (TPSA) is 46.5 Å². The predicted octanol–water partition coefficient (Wildman–Crippen LogP) is 3.39. The molecule has 2 aromatic rings. The average Bonchev–Trinajstić information content (AvgIpc) is 2.54. The molecular formula is C18H20O3. The Bertz CT molecular complexity index is 602. The third-order valence-electron chi connectivity index (χ3n) is 3.46. The van der Waals surface area contributed by atoms with Crippen LogP contribution in [0.4, 0.5) is 0 Å². The monoisotopic (exact) mass is 284 g/mol. The molecule has 2 aromatic carbocycles. The smallest absolute Gasteiger partial charge is 0.202 e. The maximum absolute atomic E-state index is 12.4. The van der Waals surface area contributed by atoms with E-state index in [2.05, 4.69) is 6.92 Å². The van der Waals surface area contributed by atoms with E-state index < -0.39 is 6.10 Å². The molecule has 0 fully saturated rings. The molecule has 1 atom stereocenters. The highest BCUT2D eigenvalue weighted by molar-refractivity contribution is 5.99. The number of ketones is 1. The van der Waals surface area contributed by atoms with Crippen molar-refractivity contribution in [3.63, 3.8) is 0 Å². The lowest BCUT2D eigenvalue weighted by Crippen LogP contribution is -2.24. The number of aryl methyl sites for hydroxylation is 1. The molecule has 1 N–H and O–H groups in total. The number of rotatable bonds is 6. The zero-order valence-corrected chi connectivity index (χ0v) is 12.4. The number of para-hydroxylation sites is 1. The van der Waals surface area contributed by atoms with Crippen LogP contribution in [0, 0.1) is 0 Å². The fourth-order valence-corrected chi connectivity index (χ4v) is 2.13. The summed E-state index contributed by atoms with van der Waals surface area (Å²) in [6, 6.07) is 14.8. The van der Waals surface area contributed by atoms with Crippen LogP contribution < -0.4 is 4.74 Å². The van der Waals surface area contributed by atoms with Crippen molar-refractivity contribution in [3.05, 3.63) is 65.2 Å². The number of ether oxygens (including phenoxy) is 1. The second-order valence-electron chi connectivity index (χ2n) is 4.94. The molecule has 0 aliphatic heterocycles. The van der Waals surface area contributed by atoms with Gasteiger partial charge in [-0.05, 0) is 25.0 Å². The first-order chi connectivity index (χ1) is 10.2. The number of aliphatic hydroxyl groups is 1. The maximum Gasteiger partial charge on any atom is 0.202 e. The number of aliphatic hydroxyl groups excluding tert-OH is 1. The van der Waals surface area contributed by atoms with E-state index >= 15 is 0 Å². The number of carbonyl (C=O) groups is 1. The zero-order chi connectivity index (χ0) is 15.2. The summed E-state index contributed by atoms with van der Waals surface area (Å²) >= 11 is 0. The molecule has 0 radical (unpaired) electrons. The molecule has 3 heteroatoms. The van der Waals surface area contributed by atoms with Gasteiger partial charge in [0, 0.05) is 11.1 Å². The molecule has 0 spiro atoms. The van der Waals surface area contributed by atoms with Crippen molar-refractivity contribution in [1.82, 2.24) is 0 Å². The molecule has 1 unspecified atom stereocenters. The van der Waals surface area contributed by atoms with Gasteiger partial charge in [0.2, 0.25) is 5.78 Å². The molecule has 0 saturated carbocycles. The van der Waals surface area contributed by atoms with E-state index in [1.54, 1.807) is 19.1 Å². The highest BCUT2D eigenvalue weighted by atomic mass is 16.5. The molecule has 0 saturated heterocycles. The number of hydrogen-bond acceptors (Lipinski definition) is 3. The quantitative estimate of drug-likeness (QED) is 0.827. The highest BCUT2D eigenvalue weighted by Crippen LogP contribution is 2.20. The largest absolute Gasteiger partial charge is 0.482 e. The molecule has 0 amide bonds. The molecule has 21 heavy (non-hydrogen) atoms. The summed E-state index contributed by atoms with van der Waals surface area (Å²) < 4.78 is 5.70.